The van der Waals surface area contributed by atoms with Gasteiger partial charge in [-0.05, 0) is 36.1 Å². The van der Waals surface area contributed by atoms with Crippen LogP contribution in [0.1, 0.15) is 30.0 Å². The van der Waals surface area contributed by atoms with Gasteiger partial charge in [0.05, 0.1) is 25.0 Å². The first-order valence-electron chi connectivity index (χ1n) is 10.1. The lowest BCUT2D eigenvalue weighted by Crippen LogP contribution is -2.42. The highest BCUT2D eigenvalue weighted by Gasteiger charge is 2.47. The van der Waals surface area contributed by atoms with E-state index in [9.17, 15) is 14.4 Å². The zero-order valence-corrected chi connectivity index (χ0v) is 16.8. The van der Waals surface area contributed by atoms with Crippen molar-refractivity contribution < 1.29 is 19.1 Å². The number of imide groups is 1. The first kappa shape index (κ1) is 19.9. The fourth-order valence-corrected chi connectivity index (χ4v) is 4.18. The number of benzene rings is 2. The highest BCUT2D eigenvalue weighted by molar-refractivity contribution is 6.07. The maximum absolute atomic E-state index is 12.9. The Labute approximate surface area is 175 Å². The normalized spacial score (nSPS) is 21.3. The monoisotopic (exact) mass is 404 g/mol. The van der Waals surface area contributed by atoms with E-state index in [1.165, 1.54) is 0 Å². The highest BCUT2D eigenvalue weighted by Crippen LogP contribution is 2.35. The van der Waals surface area contributed by atoms with Gasteiger partial charge < -0.3 is 10.1 Å². The fraction of sp³-hybridized carbons (Fsp3) is 0.292. The number of amides is 3. The van der Waals surface area contributed by atoms with Crippen molar-refractivity contribution in [3.8, 4) is 5.75 Å². The minimum absolute atomic E-state index is 0.245. The highest BCUT2D eigenvalue weighted by atomic mass is 16.5. The van der Waals surface area contributed by atoms with Crippen molar-refractivity contribution >= 4 is 17.7 Å². The Morgan fingerprint density at radius 1 is 0.967 bits per heavy atom. The lowest BCUT2D eigenvalue weighted by atomic mass is 9.85. The molecule has 2 aromatic carbocycles. The van der Waals surface area contributed by atoms with Crippen LogP contribution in [0.3, 0.4) is 0 Å². The van der Waals surface area contributed by atoms with Crippen LogP contribution in [0, 0.1) is 11.8 Å². The maximum Gasteiger partial charge on any atom is 0.240 e. The molecular weight excluding hydrogens is 380 g/mol. The number of fused-ring (bicyclic) bond motifs is 1. The lowest BCUT2D eigenvalue weighted by Gasteiger charge is -2.22. The molecule has 1 saturated heterocycles. The predicted molar refractivity (Wildman–Crippen MR) is 111 cm³/mol. The average molecular weight is 404 g/mol. The summed E-state index contributed by atoms with van der Waals surface area (Å²) in [5.74, 6) is -0.798. The van der Waals surface area contributed by atoms with E-state index in [2.05, 4.69) is 5.32 Å². The second kappa shape index (κ2) is 8.53. The summed E-state index contributed by atoms with van der Waals surface area (Å²) in [5, 5.41) is 2.99. The lowest BCUT2D eigenvalue weighted by molar-refractivity contribution is -0.143. The zero-order chi connectivity index (χ0) is 21.1. The molecule has 0 spiro atoms. The van der Waals surface area contributed by atoms with E-state index in [0.29, 0.717) is 12.8 Å². The maximum atomic E-state index is 12.9. The molecule has 1 heterocycles. The van der Waals surface area contributed by atoms with Crippen LogP contribution in [0.5, 0.6) is 5.75 Å². The van der Waals surface area contributed by atoms with Gasteiger partial charge in [0.2, 0.25) is 17.7 Å². The Morgan fingerprint density at radius 2 is 1.53 bits per heavy atom. The number of nitrogens with one attached hydrogen (secondary N) is 1. The van der Waals surface area contributed by atoms with Crippen LogP contribution in [0.4, 0.5) is 0 Å². The summed E-state index contributed by atoms with van der Waals surface area (Å²) < 4.78 is 5.22. The first-order chi connectivity index (χ1) is 14.6. The molecule has 0 unspecified atom stereocenters. The average Bonchev–Trinajstić information content (AvgIpc) is 3.03. The molecule has 3 amide bonds. The summed E-state index contributed by atoms with van der Waals surface area (Å²) >= 11 is 0. The van der Waals surface area contributed by atoms with Gasteiger partial charge >= 0.3 is 0 Å². The topological polar surface area (TPSA) is 75.7 Å². The largest absolute Gasteiger partial charge is 0.497 e. The van der Waals surface area contributed by atoms with Gasteiger partial charge in [-0.15, -0.1) is 0 Å². The van der Waals surface area contributed by atoms with Crippen LogP contribution in [-0.4, -0.2) is 36.3 Å². The number of hydrogen-bond donors (Lipinski definition) is 1. The molecule has 1 aliphatic heterocycles. The Hall–Kier alpha value is -3.41. The summed E-state index contributed by atoms with van der Waals surface area (Å²) in [6.07, 6.45) is 4.99. The molecule has 30 heavy (non-hydrogen) atoms. The van der Waals surface area contributed by atoms with Crippen molar-refractivity contribution in [2.45, 2.75) is 18.9 Å². The molecule has 0 radical (unpaired) electrons. The third kappa shape index (κ3) is 3.85. The van der Waals surface area contributed by atoms with Crippen molar-refractivity contribution in [2.24, 2.45) is 11.8 Å². The van der Waals surface area contributed by atoms with Crippen LogP contribution in [0.2, 0.25) is 0 Å². The number of rotatable bonds is 6. The van der Waals surface area contributed by atoms with Crippen molar-refractivity contribution in [1.82, 2.24) is 10.2 Å². The molecule has 1 N–H and O–H groups in total. The summed E-state index contributed by atoms with van der Waals surface area (Å²) in [5.41, 5.74) is 1.79. The van der Waals surface area contributed by atoms with Gasteiger partial charge in [0.15, 0.2) is 0 Å². The minimum Gasteiger partial charge on any atom is -0.497 e. The zero-order valence-electron chi connectivity index (χ0n) is 16.8. The number of carbonyl (C=O) groups is 3. The van der Waals surface area contributed by atoms with Gasteiger partial charge in [-0.2, -0.15) is 0 Å². The third-order valence-electron chi connectivity index (χ3n) is 5.79. The third-order valence-corrected chi connectivity index (χ3v) is 5.79. The van der Waals surface area contributed by atoms with Crippen molar-refractivity contribution in [2.75, 3.05) is 13.7 Å². The predicted octanol–water partition coefficient (Wildman–Crippen LogP) is 2.85. The molecule has 0 bridgehead atoms. The number of allylic oxidation sites excluding steroid dienone is 2. The molecule has 0 aromatic heterocycles. The van der Waals surface area contributed by atoms with E-state index in [-0.39, 0.29) is 36.1 Å². The van der Waals surface area contributed by atoms with E-state index < -0.39 is 6.04 Å². The molecule has 6 heteroatoms. The molecule has 2 aromatic rings. The fourth-order valence-electron chi connectivity index (χ4n) is 4.18. The number of carbonyl (C=O) groups excluding carboxylic acids is 3. The van der Waals surface area contributed by atoms with Gasteiger partial charge in [-0.1, -0.05) is 54.6 Å². The van der Waals surface area contributed by atoms with Gasteiger partial charge in [-0.25, -0.2) is 0 Å². The van der Waals surface area contributed by atoms with Gasteiger partial charge in [0.25, 0.3) is 0 Å². The molecule has 0 saturated carbocycles. The number of nitrogens with zero attached hydrogens (tertiary/aromatic N) is 1. The molecule has 1 aliphatic carbocycles. The smallest absolute Gasteiger partial charge is 0.240 e. The van der Waals surface area contributed by atoms with E-state index in [4.69, 9.17) is 4.74 Å². The summed E-state index contributed by atoms with van der Waals surface area (Å²) in [6.45, 7) is -0.260. The summed E-state index contributed by atoms with van der Waals surface area (Å²) in [6, 6.07) is 16.6. The molecule has 3 atom stereocenters. The number of hydrogen-bond acceptors (Lipinski definition) is 4. The van der Waals surface area contributed by atoms with Crippen LogP contribution >= 0.6 is 0 Å². The quantitative estimate of drug-likeness (QED) is 0.593. The van der Waals surface area contributed by atoms with Gasteiger partial charge in [0.1, 0.15) is 12.3 Å². The molecule has 6 nitrogen and oxygen atoms in total. The SMILES string of the molecule is COc1ccc([C@@H](NC(=O)CN2C(=O)[C@H]3CC=CC[C@@H]3C2=O)c2ccccc2)cc1. The van der Waals surface area contributed by atoms with E-state index in [1.54, 1.807) is 7.11 Å². The van der Waals surface area contributed by atoms with Crippen LogP contribution < -0.4 is 10.1 Å². The Balaban J connectivity index is 1.52. The number of likely N-dealkylation sites (tertiary alicyclic amines) is 1. The van der Waals surface area contributed by atoms with Crippen molar-refractivity contribution in [3.05, 3.63) is 77.9 Å². The number of ether oxygens (including phenoxy) is 1. The molecule has 1 fully saturated rings. The van der Waals surface area contributed by atoms with Gasteiger partial charge in [0, 0.05) is 0 Å². The molecule has 2 aliphatic rings. The standard InChI is InChI=1S/C24H24N2O4/c1-30-18-13-11-17(12-14-18)22(16-7-3-2-4-8-16)25-21(27)15-26-23(28)19-9-5-6-10-20(19)24(26)29/h2-8,11-14,19-20,22H,9-10,15H2,1H3,(H,25,27)/t19-,20-,22-/m0/s1. The van der Waals surface area contributed by atoms with Crippen molar-refractivity contribution in [3.63, 3.8) is 0 Å². The molecule has 154 valence electrons. The molecule has 4 rings (SSSR count). The van der Waals surface area contributed by atoms with Crippen molar-refractivity contribution in [1.29, 1.82) is 0 Å². The summed E-state index contributed by atoms with van der Waals surface area (Å²) in [4.78, 5) is 39.3. The summed E-state index contributed by atoms with van der Waals surface area (Å²) in [7, 11) is 1.60. The number of methoxy groups -OCH3 is 1. The van der Waals surface area contributed by atoms with Crippen LogP contribution in [0.25, 0.3) is 0 Å². The van der Waals surface area contributed by atoms with E-state index in [1.807, 2.05) is 66.7 Å². The Bertz CT molecular complexity index is 942. The Morgan fingerprint density at radius 3 is 2.10 bits per heavy atom. The second-order valence-corrected chi connectivity index (χ2v) is 7.60. The van der Waals surface area contributed by atoms with E-state index in [0.717, 1.165) is 21.8 Å². The van der Waals surface area contributed by atoms with E-state index >= 15 is 0 Å². The first-order valence-corrected chi connectivity index (χ1v) is 10.1. The van der Waals surface area contributed by atoms with Crippen LogP contribution in [-0.2, 0) is 14.4 Å². The molecular formula is C24H24N2O4. The van der Waals surface area contributed by atoms with Crippen LogP contribution in [0.15, 0.2) is 66.7 Å². The Kier molecular flexibility index (Phi) is 5.65. The minimum atomic E-state index is -0.402. The van der Waals surface area contributed by atoms with Gasteiger partial charge in [-0.3, -0.25) is 19.3 Å². The second-order valence-electron chi connectivity index (χ2n) is 7.60.